The van der Waals surface area contributed by atoms with E-state index in [0.717, 1.165) is 29.3 Å². The zero-order valence-electron chi connectivity index (χ0n) is 12.4. The lowest BCUT2D eigenvalue weighted by Gasteiger charge is -2.31. The molecule has 0 spiro atoms. The van der Waals surface area contributed by atoms with Crippen LogP contribution in [0.15, 0.2) is 36.5 Å². The van der Waals surface area contributed by atoms with Crippen molar-refractivity contribution in [2.45, 2.75) is 19.3 Å². The van der Waals surface area contributed by atoms with Gasteiger partial charge in [0, 0.05) is 24.7 Å². The molecule has 0 aliphatic carbocycles. The third-order valence-electron chi connectivity index (χ3n) is 4.23. The molecule has 2 aromatic rings. The lowest BCUT2D eigenvalue weighted by Crippen LogP contribution is -2.44. The van der Waals surface area contributed by atoms with Crippen LogP contribution in [0.2, 0.25) is 0 Å². The van der Waals surface area contributed by atoms with Gasteiger partial charge in [0.2, 0.25) is 11.8 Å². The molecule has 1 saturated heterocycles. The number of benzene rings is 1. The number of rotatable bonds is 3. The van der Waals surface area contributed by atoms with Gasteiger partial charge in [-0.1, -0.05) is 24.3 Å². The van der Waals surface area contributed by atoms with Gasteiger partial charge >= 0.3 is 0 Å². The highest BCUT2D eigenvalue weighted by Gasteiger charge is 2.27. The second-order valence-electron chi connectivity index (χ2n) is 5.75. The summed E-state index contributed by atoms with van der Waals surface area (Å²) in [5, 5.41) is 1.03. The number of nitrogens with zero attached hydrogens (tertiary/aromatic N) is 2. The van der Waals surface area contributed by atoms with E-state index in [-0.39, 0.29) is 17.7 Å². The van der Waals surface area contributed by atoms with Crippen molar-refractivity contribution in [3.05, 3.63) is 42.1 Å². The predicted molar refractivity (Wildman–Crippen MR) is 83.9 cm³/mol. The van der Waals surface area contributed by atoms with Gasteiger partial charge in [-0.15, -0.1) is 0 Å². The quantitative estimate of drug-likeness (QED) is 0.932. The number of amides is 2. The van der Waals surface area contributed by atoms with E-state index in [9.17, 15) is 9.59 Å². The minimum atomic E-state index is -0.315. The Kier molecular flexibility index (Phi) is 4.04. The average Bonchev–Trinajstić information content (AvgIpc) is 2.55. The topological polar surface area (TPSA) is 76.3 Å². The molecule has 1 aromatic heterocycles. The van der Waals surface area contributed by atoms with Gasteiger partial charge in [0.25, 0.3) is 0 Å². The number of pyridine rings is 1. The van der Waals surface area contributed by atoms with Crippen molar-refractivity contribution < 1.29 is 9.59 Å². The second kappa shape index (κ2) is 6.13. The summed E-state index contributed by atoms with van der Waals surface area (Å²) >= 11 is 0. The number of piperidine rings is 1. The maximum Gasteiger partial charge on any atom is 0.227 e. The molecule has 2 N–H and O–H groups in total. The van der Waals surface area contributed by atoms with Crippen LogP contribution in [0.3, 0.4) is 0 Å². The van der Waals surface area contributed by atoms with E-state index in [1.807, 2.05) is 30.3 Å². The summed E-state index contributed by atoms with van der Waals surface area (Å²) in [5.41, 5.74) is 7.15. The van der Waals surface area contributed by atoms with Gasteiger partial charge in [-0.3, -0.25) is 14.6 Å². The number of aromatic nitrogens is 1. The van der Waals surface area contributed by atoms with Gasteiger partial charge in [-0.05, 0) is 24.5 Å². The minimum Gasteiger partial charge on any atom is -0.369 e. The fourth-order valence-corrected chi connectivity index (χ4v) is 3.02. The van der Waals surface area contributed by atoms with Crippen molar-refractivity contribution in [2.75, 3.05) is 13.1 Å². The molecule has 5 heteroatoms. The first-order valence-corrected chi connectivity index (χ1v) is 7.55. The molecular formula is C17H19N3O2. The molecule has 1 fully saturated rings. The molecule has 0 saturated carbocycles. The maximum absolute atomic E-state index is 12.5. The third-order valence-corrected chi connectivity index (χ3v) is 4.23. The zero-order valence-corrected chi connectivity index (χ0v) is 12.4. The van der Waals surface area contributed by atoms with Crippen LogP contribution in [0, 0.1) is 5.92 Å². The predicted octanol–water partition coefficient (Wildman–Crippen LogP) is 1.50. The molecule has 1 aliphatic rings. The summed E-state index contributed by atoms with van der Waals surface area (Å²) in [7, 11) is 0. The van der Waals surface area contributed by atoms with Crippen LogP contribution >= 0.6 is 0 Å². The number of fused-ring (bicyclic) bond motifs is 1. The number of carbonyl (C=O) groups is 2. The monoisotopic (exact) mass is 297 g/mol. The molecule has 1 atom stereocenters. The standard InChI is InChI=1S/C17H19N3O2/c18-17(22)14-7-3-9-20(11-14)15(21)10-13-5-1-4-12-6-2-8-19-16(12)13/h1-2,4-6,8,14H,3,7,9-11H2,(H2,18,22). The van der Waals surface area contributed by atoms with Crippen molar-refractivity contribution in [3.63, 3.8) is 0 Å². The summed E-state index contributed by atoms with van der Waals surface area (Å²) in [4.78, 5) is 30.0. The Labute approximate surface area is 129 Å². The highest BCUT2D eigenvalue weighted by molar-refractivity contribution is 5.88. The van der Waals surface area contributed by atoms with Crippen LogP contribution in [0.5, 0.6) is 0 Å². The molecule has 5 nitrogen and oxygen atoms in total. The summed E-state index contributed by atoms with van der Waals surface area (Å²) in [6, 6.07) is 9.73. The Morgan fingerprint density at radius 3 is 2.91 bits per heavy atom. The number of primary amides is 1. The van der Waals surface area contributed by atoms with E-state index < -0.39 is 0 Å². The van der Waals surface area contributed by atoms with Gasteiger partial charge in [0.1, 0.15) is 0 Å². The Morgan fingerprint density at radius 2 is 2.09 bits per heavy atom. The highest BCUT2D eigenvalue weighted by atomic mass is 16.2. The third kappa shape index (κ3) is 2.93. The molecule has 114 valence electrons. The Morgan fingerprint density at radius 1 is 1.27 bits per heavy atom. The molecule has 2 heterocycles. The first-order chi connectivity index (χ1) is 10.6. The van der Waals surface area contributed by atoms with Gasteiger partial charge in [-0.25, -0.2) is 0 Å². The minimum absolute atomic E-state index is 0.0316. The van der Waals surface area contributed by atoms with E-state index in [1.54, 1.807) is 11.1 Å². The number of para-hydroxylation sites is 1. The molecule has 0 bridgehead atoms. The highest BCUT2D eigenvalue weighted by Crippen LogP contribution is 2.20. The van der Waals surface area contributed by atoms with Crippen molar-refractivity contribution in [3.8, 4) is 0 Å². The maximum atomic E-state index is 12.5. The largest absolute Gasteiger partial charge is 0.369 e. The summed E-state index contributed by atoms with van der Waals surface area (Å²) in [6.45, 7) is 1.13. The normalized spacial score (nSPS) is 18.4. The lowest BCUT2D eigenvalue weighted by atomic mass is 9.96. The van der Waals surface area contributed by atoms with Gasteiger partial charge in [-0.2, -0.15) is 0 Å². The van der Waals surface area contributed by atoms with Crippen LogP contribution in [0.25, 0.3) is 10.9 Å². The molecule has 3 rings (SSSR count). The first kappa shape index (κ1) is 14.5. The number of likely N-dealkylation sites (tertiary alicyclic amines) is 1. The SMILES string of the molecule is NC(=O)C1CCCN(C(=O)Cc2cccc3cccnc23)C1. The number of carbonyl (C=O) groups excluding carboxylic acids is 2. The van der Waals surface area contributed by atoms with Gasteiger partial charge in [0.15, 0.2) is 0 Å². The molecule has 1 unspecified atom stereocenters. The van der Waals surface area contributed by atoms with Crippen LogP contribution < -0.4 is 5.73 Å². The van der Waals surface area contributed by atoms with E-state index in [1.165, 1.54) is 0 Å². The summed E-state index contributed by atoms with van der Waals surface area (Å²) in [5.74, 6) is -0.503. The van der Waals surface area contributed by atoms with Gasteiger partial charge < -0.3 is 10.6 Å². The van der Waals surface area contributed by atoms with E-state index >= 15 is 0 Å². The van der Waals surface area contributed by atoms with Crippen LogP contribution in [0.1, 0.15) is 18.4 Å². The van der Waals surface area contributed by atoms with Crippen molar-refractivity contribution in [2.24, 2.45) is 11.7 Å². The molecule has 2 amide bonds. The zero-order chi connectivity index (χ0) is 15.5. The number of hydrogen-bond acceptors (Lipinski definition) is 3. The average molecular weight is 297 g/mol. The van der Waals surface area contributed by atoms with E-state index in [4.69, 9.17) is 5.73 Å². The summed E-state index contributed by atoms with van der Waals surface area (Å²) in [6.07, 6.45) is 3.64. The molecule has 1 aliphatic heterocycles. The molecule has 1 aromatic carbocycles. The van der Waals surface area contributed by atoms with Crippen LogP contribution in [0.4, 0.5) is 0 Å². The second-order valence-corrected chi connectivity index (χ2v) is 5.75. The Hall–Kier alpha value is -2.43. The Balaban J connectivity index is 1.77. The van der Waals surface area contributed by atoms with Crippen LogP contribution in [-0.2, 0) is 16.0 Å². The molecular weight excluding hydrogens is 278 g/mol. The summed E-state index contributed by atoms with van der Waals surface area (Å²) < 4.78 is 0. The Bertz CT molecular complexity index is 709. The lowest BCUT2D eigenvalue weighted by molar-refractivity contribution is -0.134. The van der Waals surface area contributed by atoms with Crippen molar-refractivity contribution in [1.29, 1.82) is 0 Å². The number of hydrogen-bond donors (Lipinski definition) is 1. The van der Waals surface area contributed by atoms with Gasteiger partial charge in [0.05, 0.1) is 17.9 Å². The molecule has 0 radical (unpaired) electrons. The van der Waals surface area contributed by atoms with Crippen molar-refractivity contribution in [1.82, 2.24) is 9.88 Å². The van der Waals surface area contributed by atoms with E-state index in [0.29, 0.717) is 19.5 Å². The molecule has 22 heavy (non-hydrogen) atoms. The van der Waals surface area contributed by atoms with E-state index in [2.05, 4.69) is 4.98 Å². The fraction of sp³-hybridized carbons (Fsp3) is 0.353. The first-order valence-electron chi connectivity index (χ1n) is 7.55. The van der Waals surface area contributed by atoms with Crippen LogP contribution in [-0.4, -0.2) is 34.8 Å². The smallest absolute Gasteiger partial charge is 0.227 e. The fourth-order valence-electron chi connectivity index (χ4n) is 3.02. The number of nitrogens with two attached hydrogens (primary N) is 1. The van der Waals surface area contributed by atoms with Crippen molar-refractivity contribution >= 4 is 22.7 Å².